The maximum atomic E-state index is 13.3. The average molecular weight is 434 g/mol. The van der Waals surface area contributed by atoms with Gasteiger partial charge in [0.15, 0.2) is 0 Å². The second-order valence-electron chi connectivity index (χ2n) is 8.40. The van der Waals surface area contributed by atoms with Crippen molar-refractivity contribution in [3.8, 4) is 10.7 Å². The summed E-state index contributed by atoms with van der Waals surface area (Å²) in [5.74, 6) is 0.312. The number of anilines is 1. The van der Waals surface area contributed by atoms with E-state index < -0.39 is 23.8 Å². The lowest BCUT2D eigenvalue weighted by atomic mass is 10.1. The number of thiazole rings is 1. The zero-order chi connectivity index (χ0) is 21.5. The molecule has 4 heterocycles. The lowest BCUT2D eigenvalue weighted by Crippen LogP contribution is -2.44. The number of hydrogen-bond donors (Lipinski definition) is 0. The third-order valence-corrected chi connectivity index (χ3v) is 6.04. The molecule has 8 nitrogen and oxygen atoms in total. The van der Waals surface area contributed by atoms with Crippen LogP contribution in [0.1, 0.15) is 49.0 Å². The number of piperidine rings is 1. The lowest BCUT2D eigenvalue weighted by Gasteiger charge is -2.29. The van der Waals surface area contributed by atoms with Gasteiger partial charge in [0.05, 0.1) is 18.1 Å². The van der Waals surface area contributed by atoms with Gasteiger partial charge in [0.2, 0.25) is 0 Å². The molecular formula is C20H24FN5O3S. The van der Waals surface area contributed by atoms with Gasteiger partial charge in [-0.2, -0.15) is 0 Å². The van der Waals surface area contributed by atoms with E-state index in [1.807, 2.05) is 4.90 Å². The SMILES string of the molecule is CC(C)(C)OC(=O)N1CCc2nc(-c3cnc(N4CCC(F)CC4)cn3)sc2C1=O. The van der Waals surface area contributed by atoms with Crippen molar-refractivity contribution in [2.75, 3.05) is 24.5 Å². The van der Waals surface area contributed by atoms with Crippen molar-refractivity contribution in [2.24, 2.45) is 0 Å². The molecule has 0 spiro atoms. The Morgan fingerprint density at radius 2 is 1.93 bits per heavy atom. The topological polar surface area (TPSA) is 88.5 Å². The predicted octanol–water partition coefficient (Wildman–Crippen LogP) is 3.47. The number of ether oxygens (including phenoxy) is 1. The molecule has 2 aliphatic heterocycles. The van der Waals surface area contributed by atoms with E-state index in [-0.39, 0.29) is 6.54 Å². The summed E-state index contributed by atoms with van der Waals surface area (Å²) in [4.78, 5) is 42.1. The largest absolute Gasteiger partial charge is 0.443 e. The molecule has 1 fully saturated rings. The number of hydrogen-bond acceptors (Lipinski definition) is 8. The highest BCUT2D eigenvalue weighted by Gasteiger charge is 2.35. The zero-order valence-corrected chi connectivity index (χ0v) is 18.0. The van der Waals surface area contributed by atoms with Crippen molar-refractivity contribution in [3.63, 3.8) is 0 Å². The number of carbonyl (C=O) groups is 2. The van der Waals surface area contributed by atoms with Crippen LogP contribution in [0.4, 0.5) is 15.0 Å². The molecule has 2 amide bonds. The van der Waals surface area contributed by atoms with Gasteiger partial charge in [0, 0.05) is 26.1 Å². The average Bonchev–Trinajstić information content (AvgIpc) is 3.13. The fourth-order valence-corrected chi connectivity index (χ4v) is 4.43. The summed E-state index contributed by atoms with van der Waals surface area (Å²) < 4.78 is 18.7. The second kappa shape index (κ2) is 7.90. The molecule has 2 aliphatic rings. The van der Waals surface area contributed by atoms with Crippen LogP contribution in [0.5, 0.6) is 0 Å². The molecule has 0 saturated carbocycles. The van der Waals surface area contributed by atoms with Gasteiger partial charge in [-0.3, -0.25) is 4.79 Å². The Labute approximate surface area is 178 Å². The monoisotopic (exact) mass is 433 g/mol. The van der Waals surface area contributed by atoms with Gasteiger partial charge in [-0.15, -0.1) is 11.3 Å². The molecule has 1 saturated heterocycles. The number of carbonyl (C=O) groups excluding carboxylic acids is 2. The molecule has 2 aromatic rings. The van der Waals surface area contributed by atoms with E-state index in [0.717, 1.165) is 4.90 Å². The van der Waals surface area contributed by atoms with Crippen LogP contribution in [-0.2, 0) is 11.2 Å². The van der Waals surface area contributed by atoms with Crippen molar-refractivity contribution < 1.29 is 18.7 Å². The van der Waals surface area contributed by atoms with Gasteiger partial charge in [0.25, 0.3) is 5.91 Å². The highest BCUT2D eigenvalue weighted by atomic mass is 32.1. The highest BCUT2D eigenvalue weighted by molar-refractivity contribution is 7.17. The minimum absolute atomic E-state index is 0.235. The molecule has 0 N–H and O–H groups in total. The highest BCUT2D eigenvalue weighted by Crippen LogP contribution is 2.31. The Hall–Kier alpha value is -2.62. The maximum Gasteiger partial charge on any atom is 0.417 e. The van der Waals surface area contributed by atoms with Gasteiger partial charge < -0.3 is 9.64 Å². The molecule has 0 radical (unpaired) electrons. The third-order valence-electron chi connectivity index (χ3n) is 4.93. The number of alkyl halides is 1. The Balaban J connectivity index is 1.50. The summed E-state index contributed by atoms with van der Waals surface area (Å²) in [6.45, 7) is 6.76. The molecule has 0 aliphatic carbocycles. The number of nitrogens with zero attached hydrogens (tertiary/aromatic N) is 5. The summed E-state index contributed by atoms with van der Waals surface area (Å²) in [5, 5.41) is 0.584. The minimum atomic E-state index is -0.743. The van der Waals surface area contributed by atoms with Crippen LogP contribution in [0.25, 0.3) is 10.7 Å². The van der Waals surface area contributed by atoms with Crippen molar-refractivity contribution in [1.29, 1.82) is 0 Å². The molecule has 4 rings (SSSR count). The first kappa shape index (κ1) is 20.6. The van der Waals surface area contributed by atoms with E-state index in [9.17, 15) is 14.0 Å². The first-order chi connectivity index (χ1) is 14.2. The molecule has 30 heavy (non-hydrogen) atoms. The van der Waals surface area contributed by atoms with E-state index in [0.29, 0.717) is 59.4 Å². The van der Waals surface area contributed by atoms with Crippen molar-refractivity contribution >= 4 is 29.2 Å². The van der Waals surface area contributed by atoms with Crippen LogP contribution < -0.4 is 4.90 Å². The molecular weight excluding hydrogens is 409 g/mol. The smallest absolute Gasteiger partial charge is 0.417 e. The van der Waals surface area contributed by atoms with E-state index in [1.165, 1.54) is 11.3 Å². The Morgan fingerprint density at radius 1 is 1.20 bits per heavy atom. The Kier molecular flexibility index (Phi) is 5.44. The minimum Gasteiger partial charge on any atom is -0.443 e. The summed E-state index contributed by atoms with van der Waals surface area (Å²) >= 11 is 1.20. The molecule has 0 aromatic carbocycles. The molecule has 160 valence electrons. The van der Waals surface area contributed by atoms with Crippen LogP contribution in [0, 0.1) is 0 Å². The molecule has 10 heteroatoms. The first-order valence-corrected chi connectivity index (χ1v) is 10.8. The standard InChI is InChI=1S/C20H24FN5O3S/c1-20(2,3)29-19(28)26-9-6-13-16(18(26)27)30-17(24-13)14-10-23-15(11-22-14)25-7-4-12(21)5-8-25/h10-12H,4-9H2,1-3H3. The Morgan fingerprint density at radius 3 is 2.57 bits per heavy atom. The van der Waals surface area contributed by atoms with Crippen LogP contribution in [0.2, 0.25) is 0 Å². The lowest BCUT2D eigenvalue weighted by molar-refractivity contribution is 0.0235. The molecule has 0 bridgehead atoms. The van der Waals surface area contributed by atoms with E-state index in [2.05, 4.69) is 15.0 Å². The van der Waals surface area contributed by atoms with Gasteiger partial charge in [-0.25, -0.2) is 29.0 Å². The summed E-state index contributed by atoms with van der Waals surface area (Å²) in [6, 6.07) is 0. The molecule has 0 unspecified atom stereocenters. The van der Waals surface area contributed by atoms with Crippen LogP contribution >= 0.6 is 11.3 Å². The summed E-state index contributed by atoms with van der Waals surface area (Å²) in [7, 11) is 0. The molecule has 0 atom stereocenters. The zero-order valence-electron chi connectivity index (χ0n) is 17.2. The van der Waals surface area contributed by atoms with Gasteiger partial charge >= 0.3 is 6.09 Å². The van der Waals surface area contributed by atoms with Crippen LogP contribution in [-0.4, -0.2) is 63.3 Å². The number of halogens is 1. The fourth-order valence-electron chi connectivity index (χ4n) is 3.40. The number of amides is 2. The van der Waals surface area contributed by atoms with E-state index in [4.69, 9.17) is 4.74 Å². The second-order valence-corrected chi connectivity index (χ2v) is 9.40. The van der Waals surface area contributed by atoms with Gasteiger partial charge in [-0.1, -0.05) is 0 Å². The Bertz CT molecular complexity index is 948. The number of imide groups is 1. The van der Waals surface area contributed by atoms with Crippen molar-refractivity contribution in [3.05, 3.63) is 23.0 Å². The van der Waals surface area contributed by atoms with E-state index in [1.54, 1.807) is 33.2 Å². The van der Waals surface area contributed by atoms with Crippen LogP contribution in [0.3, 0.4) is 0 Å². The third kappa shape index (κ3) is 4.28. The maximum absolute atomic E-state index is 13.3. The normalized spacial score (nSPS) is 17.8. The predicted molar refractivity (Wildman–Crippen MR) is 110 cm³/mol. The first-order valence-electron chi connectivity index (χ1n) is 9.97. The van der Waals surface area contributed by atoms with Crippen LogP contribution in [0.15, 0.2) is 12.4 Å². The quantitative estimate of drug-likeness (QED) is 0.716. The number of aromatic nitrogens is 3. The summed E-state index contributed by atoms with van der Waals surface area (Å²) in [6.07, 6.45) is 3.36. The van der Waals surface area contributed by atoms with Gasteiger partial charge in [0.1, 0.15) is 33.2 Å². The molecule has 2 aromatic heterocycles. The van der Waals surface area contributed by atoms with Gasteiger partial charge in [-0.05, 0) is 33.6 Å². The van der Waals surface area contributed by atoms with E-state index >= 15 is 0 Å². The summed E-state index contributed by atoms with van der Waals surface area (Å²) in [5.41, 5.74) is 0.554. The van der Waals surface area contributed by atoms with Crippen molar-refractivity contribution in [2.45, 2.75) is 51.8 Å². The van der Waals surface area contributed by atoms with Crippen molar-refractivity contribution in [1.82, 2.24) is 19.9 Å². The number of fused-ring (bicyclic) bond motifs is 1. The fraction of sp³-hybridized carbons (Fsp3) is 0.550. The number of rotatable bonds is 2.